The van der Waals surface area contributed by atoms with Crippen LogP contribution in [0.25, 0.3) is 11.0 Å². The van der Waals surface area contributed by atoms with E-state index < -0.39 is 11.6 Å². The number of alkyl halides is 1. The second kappa shape index (κ2) is 6.99. The van der Waals surface area contributed by atoms with Gasteiger partial charge in [-0.05, 0) is 25.5 Å². The monoisotopic (exact) mass is 302 g/mol. The first kappa shape index (κ1) is 15.2. The quantitative estimate of drug-likeness (QED) is 0.578. The molecule has 0 amide bonds. The molecule has 0 saturated heterocycles. The molecule has 0 N–H and O–H groups in total. The number of aryl methyl sites for hydroxylation is 2. The first-order valence-corrected chi connectivity index (χ1v) is 7.19. The molecule has 0 unspecified atom stereocenters. The van der Waals surface area contributed by atoms with E-state index in [4.69, 9.17) is 16.3 Å². The summed E-state index contributed by atoms with van der Waals surface area (Å²) in [5.41, 5.74) is 0.669. The van der Waals surface area contributed by atoms with Crippen molar-refractivity contribution in [3.8, 4) is 0 Å². The van der Waals surface area contributed by atoms with E-state index in [-0.39, 0.29) is 5.52 Å². The van der Waals surface area contributed by atoms with Crippen molar-refractivity contribution in [2.24, 2.45) is 0 Å². The van der Waals surface area contributed by atoms with E-state index in [0.29, 0.717) is 49.8 Å². The molecule has 2 rings (SSSR count). The summed E-state index contributed by atoms with van der Waals surface area (Å²) < 4.78 is 34.4. The van der Waals surface area contributed by atoms with Gasteiger partial charge in [-0.2, -0.15) is 0 Å². The number of aromatic nitrogens is 2. The second-order valence-corrected chi connectivity index (χ2v) is 4.78. The number of hydrogen-bond donors (Lipinski definition) is 0. The highest BCUT2D eigenvalue weighted by molar-refractivity contribution is 6.17. The van der Waals surface area contributed by atoms with Crippen LogP contribution in [0.1, 0.15) is 19.2 Å². The zero-order chi connectivity index (χ0) is 14.5. The third-order valence-corrected chi connectivity index (χ3v) is 3.26. The molecule has 1 aromatic heterocycles. The molecule has 6 heteroatoms. The molecule has 0 aliphatic carbocycles. The van der Waals surface area contributed by atoms with Crippen molar-refractivity contribution in [1.29, 1.82) is 0 Å². The fourth-order valence-corrected chi connectivity index (χ4v) is 2.36. The molecule has 0 bridgehead atoms. The lowest BCUT2D eigenvalue weighted by Gasteiger charge is -2.09. The van der Waals surface area contributed by atoms with Crippen LogP contribution < -0.4 is 0 Å². The standard InChI is InChI=1S/C14H17ClF2N2O/c1-2-20-9-3-8-19-12(6-7-15)18-11-5-4-10(16)13(17)14(11)19/h4-5H,2-3,6-9H2,1H3. The molecular weight excluding hydrogens is 286 g/mol. The Labute approximate surface area is 121 Å². The Bertz CT molecular complexity index is 586. The number of rotatable bonds is 7. The van der Waals surface area contributed by atoms with E-state index in [1.54, 1.807) is 4.57 Å². The fourth-order valence-electron chi connectivity index (χ4n) is 2.19. The minimum atomic E-state index is -0.860. The van der Waals surface area contributed by atoms with Gasteiger partial charge in [0.1, 0.15) is 11.3 Å². The molecule has 1 heterocycles. The predicted molar refractivity (Wildman–Crippen MR) is 75.2 cm³/mol. The van der Waals surface area contributed by atoms with Crippen LogP contribution >= 0.6 is 11.6 Å². The van der Waals surface area contributed by atoms with Gasteiger partial charge in [0.2, 0.25) is 0 Å². The van der Waals surface area contributed by atoms with E-state index in [1.807, 2.05) is 6.92 Å². The van der Waals surface area contributed by atoms with E-state index in [2.05, 4.69) is 4.98 Å². The van der Waals surface area contributed by atoms with Crippen LogP contribution in [0, 0.1) is 11.6 Å². The van der Waals surface area contributed by atoms with Gasteiger partial charge in [0.25, 0.3) is 0 Å². The number of halogens is 3. The largest absolute Gasteiger partial charge is 0.382 e. The smallest absolute Gasteiger partial charge is 0.184 e. The van der Waals surface area contributed by atoms with Crippen molar-refractivity contribution in [3.63, 3.8) is 0 Å². The van der Waals surface area contributed by atoms with Gasteiger partial charge in [-0.25, -0.2) is 13.8 Å². The van der Waals surface area contributed by atoms with Crippen molar-refractivity contribution in [3.05, 3.63) is 29.6 Å². The van der Waals surface area contributed by atoms with Gasteiger partial charge >= 0.3 is 0 Å². The molecule has 0 saturated carbocycles. The molecule has 0 spiro atoms. The SMILES string of the molecule is CCOCCCn1c(CCCl)nc2ccc(F)c(F)c21. The summed E-state index contributed by atoms with van der Waals surface area (Å²) in [4.78, 5) is 4.33. The van der Waals surface area contributed by atoms with Crippen molar-refractivity contribution in [2.45, 2.75) is 26.3 Å². The summed E-state index contributed by atoms with van der Waals surface area (Å²) in [6.45, 7) is 3.67. The Morgan fingerprint density at radius 1 is 1.35 bits per heavy atom. The molecule has 3 nitrogen and oxygen atoms in total. The van der Waals surface area contributed by atoms with Crippen LogP contribution in [-0.4, -0.2) is 28.6 Å². The van der Waals surface area contributed by atoms with E-state index in [0.717, 1.165) is 6.07 Å². The predicted octanol–water partition coefficient (Wildman–Crippen LogP) is 3.52. The molecule has 20 heavy (non-hydrogen) atoms. The van der Waals surface area contributed by atoms with Crippen molar-refractivity contribution in [2.75, 3.05) is 19.1 Å². The van der Waals surface area contributed by atoms with E-state index in [9.17, 15) is 8.78 Å². The molecule has 0 fully saturated rings. The van der Waals surface area contributed by atoms with Gasteiger partial charge in [-0.3, -0.25) is 0 Å². The van der Waals surface area contributed by atoms with Gasteiger partial charge in [-0.15, -0.1) is 11.6 Å². The Morgan fingerprint density at radius 3 is 2.85 bits per heavy atom. The fraction of sp³-hybridized carbons (Fsp3) is 0.500. The maximum absolute atomic E-state index is 14.0. The number of hydrogen-bond acceptors (Lipinski definition) is 2. The van der Waals surface area contributed by atoms with E-state index in [1.165, 1.54) is 6.07 Å². The van der Waals surface area contributed by atoms with Gasteiger partial charge in [-0.1, -0.05) is 0 Å². The highest BCUT2D eigenvalue weighted by atomic mass is 35.5. The zero-order valence-corrected chi connectivity index (χ0v) is 12.1. The molecule has 0 aliphatic rings. The molecular formula is C14H17ClF2N2O. The molecule has 1 aromatic carbocycles. The lowest BCUT2D eigenvalue weighted by Crippen LogP contribution is -2.08. The third kappa shape index (κ3) is 3.10. The normalized spacial score (nSPS) is 11.4. The number of ether oxygens (including phenoxy) is 1. The minimum absolute atomic E-state index is 0.210. The van der Waals surface area contributed by atoms with Crippen molar-refractivity contribution in [1.82, 2.24) is 9.55 Å². The number of imidazole rings is 1. The second-order valence-electron chi connectivity index (χ2n) is 4.40. The zero-order valence-electron chi connectivity index (χ0n) is 11.3. The summed E-state index contributed by atoms with van der Waals surface area (Å²) in [6.07, 6.45) is 1.23. The highest BCUT2D eigenvalue weighted by Gasteiger charge is 2.16. The number of fused-ring (bicyclic) bond motifs is 1. The summed E-state index contributed by atoms with van der Waals surface area (Å²) in [5, 5.41) is 0. The van der Waals surface area contributed by atoms with Crippen LogP contribution in [0.4, 0.5) is 8.78 Å². The Morgan fingerprint density at radius 2 is 2.15 bits per heavy atom. The first-order chi connectivity index (χ1) is 9.69. The number of benzene rings is 1. The number of nitrogens with zero attached hydrogens (tertiary/aromatic N) is 2. The maximum atomic E-state index is 14.0. The van der Waals surface area contributed by atoms with Crippen LogP contribution in [0.3, 0.4) is 0 Å². The summed E-state index contributed by atoms with van der Waals surface area (Å²) in [6, 6.07) is 2.59. The first-order valence-electron chi connectivity index (χ1n) is 6.65. The molecule has 110 valence electrons. The Hall–Kier alpha value is -1.20. The summed E-state index contributed by atoms with van der Waals surface area (Å²) in [7, 11) is 0. The highest BCUT2D eigenvalue weighted by Crippen LogP contribution is 2.22. The summed E-state index contributed by atoms with van der Waals surface area (Å²) in [5.74, 6) is -0.650. The molecule has 0 radical (unpaired) electrons. The Kier molecular flexibility index (Phi) is 5.31. The third-order valence-electron chi connectivity index (χ3n) is 3.07. The van der Waals surface area contributed by atoms with Gasteiger partial charge in [0.15, 0.2) is 11.6 Å². The van der Waals surface area contributed by atoms with Crippen LogP contribution in [0.5, 0.6) is 0 Å². The topological polar surface area (TPSA) is 27.1 Å². The Balaban J connectivity index is 2.36. The van der Waals surface area contributed by atoms with Crippen molar-refractivity contribution < 1.29 is 13.5 Å². The minimum Gasteiger partial charge on any atom is -0.382 e. The average Bonchev–Trinajstić information content (AvgIpc) is 2.78. The molecule has 0 aliphatic heterocycles. The summed E-state index contributed by atoms with van der Waals surface area (Å²) >= 11 is 5.74. The average molecular weight is 303 g/mol. The lowest BCUT2D eigenvalue weighted by atomic mass is 10.3. The van der Waals surface area contributed by atoms with Crippen LogP contribution in [0.2, 0.25) is 0 Å². The van der Waals surface area contributed by atoms with Crippen LogP contribution in [-0.2, 0) is 17.7 Å². The van der Waals surface area contributed by atoms with Gasteiger partial charge in [0.05, 0.1) is 5.52 Å². The lowest BCUT2D eigenvalue weighted by molar-refractivity contribution is 0.141. The maximum Gasteiger partial charge on any atom is 0.184 e. The van der Waals surface area contributed by atoms with E-state index >= 15 is 0 Å². The molecule has 0 atom stereocenters. The van der Waals surface area contributed by atoms with Crippen LogP contribution in [0.15, 0.2) is 12.1 Å². The van der Waals surface area contributed by atoms with Gasteiger partial charge in [0, 0.05) is 32.1 Å². The molecule has 2 aromatic rings. The van der Waals surface area contributed by atoms with Crippen molar-refractivity contribution >= 4 is 22.6 Å². The van der Waals surface area contributed by atoms with Gasteiger partial charge < -0.3 is 9.30 Å².